The van der Waals surface area contributed by atoms with Crippen LogP contribution in [0.5, 0.6) is 0 Å². The molecule has 0 saturated carbocycles. The first-order valence-corrected chi connectivity index (χ1v) is 10.8. The van der Waals surface area contributed by atoms with E-state index in [1.54, 1.807) is 6.92 Å². The molecule has 0 aliphatic carbocycles. The highest BCUT2D eigenvalue weighted by molar-refractivity contribution is 5.76. The van der Waals surface area contributed by atoms with Gasteiger partial charge in [-0.05, 0) is 56.4 Å². The lowest BCUT2D eigenvalue weighted by Crippen LogP contribution is -2.43. The highest BCUT2D eigenvalue weighted by Gasteiger charge is 2.26. The van der Waals surface area contributed by atoms with Gasteiger partial charge in [-0.2, -0.15) is 4.98 Å². The van der Waals surface area contributed by atoms with Crippen LogP contribution in [-0.2, 0) is 17.8 Å². The predicted molar refractivity (Wildman–Crippen MR) is 120 cm³/mol. The van der Waals surface area contributed by atoms with Gasteiger partial charge in [-0.3, -0.25) is 14.3 Å². The molecule has 3 aromatic rings. The normalized spacial score (nSPS) is 16.3. The minimum atomic E-state index is -0.366. The molecule has 0 radical (unpaired) electrons. The summed E-state index contributed by atoms with van der Waals surface area (Å²) < 4.78 is 1.45. The molecule has 31 heavy (non-hydrogen) atoms. The summed E-state index contributed by atoms with van der Waals surface area (Å²) in [7, 11) is 0. The number of nitrogens with zero attached hydrogens (tertiary/aromatic N) is 4. The maximum absolute atomic E-state index is 12.9. The van der Waals surface area contributed by atoms with Crippen LogP contribution in [0.3, 0.4) is 0 Å². The van der Waals surface area contributed by atoms with E-state index in [2.05, 4.69) is 29.2 Å². The largest absolute Gasteiger partial charge is 0.348 e. The summed E-state index contributed by atoms with van der Waals surface area (Å²) in [6.45, 7) is 5.01. The molecule has 1 atom stereocenters. The van der Waals surface area contributed by atoms with Crippen LogP contribution in [-0.4, -0.2) is 38.4 Å². The molecule has 6 heteroatoms. The van der Waals surface area contributed by atoms with Crippen molar-refractivity contribution in [3.63, 3.8) is 0 Å². The number of aromatic nitrogens is 3. The van der Waals surface area contributed by atoms with E-state index in [9.17, 15) is 9.59 Å². The van der Waals surface area contributed by atoms with Gasteiger partial charge in [0, 0.05) is 42.3 Å². The third-order valence-electron chi connectivity index (χ3n) is 5.93. The lowest BCUT2D eigenvalue weighted by atomic mass is 9.93. The van der Waals surface area contributed by atoms with E-state index in [-0.39, 0.29) is 24.1 Å². The van der Waals surface area contributed by atoms with Crippen molar-refractivity contribution in [2.24, 2.45) is 0 Å². The number of pyridine rings is 1. The van der Waals surface area contributed by atoms with Crippen molar-refractivity contribution in [2.45, 2.75) is 45.6 Å². The molecule has 1 fully saturated rings. The van der Waals surface area contributed by atoms with Crippen LogP contribution in [0, 0.1) is 13.8 Å². The van der Waals surface area contributed by atoms with E-state index >= 15 is 0 Å². The second-order valence-corrected chi connectivity index (χ2v) is 8.34. The van der Waals surface area contributed by atoms with Crippen molar-refractivity contribution >= 4 is 5.91 Å². The van der Waals surface area contributed by atoms with Gasteiger partial charge in [-0.25, -0.2) is 4.79 Å². The number of hydrogen-bond acceptors (Lipinski definition) is 4. The number of carbonyl (C=O) groups is 1. The zero-order valence-electron chi connectivity index (χ0n) is 18.1. The van der Waals surface area contributed by atoms with E-state index < -0.39 is 0 Å². The fraction of sp³-hybridized carbons (Fsp3) is 0.360. The highest BCUT2D eigenvalue weighted by Crippen LogP contribution is 2.26. The lowest BCUT2D eigenvalue weighted by Gasteiger charge is -2.33. The molecule has 1 amide bonds. The standard InChI is InChI=1S/C25H28N4O2/c1-18-13-19(2)29(25(31)27-18)17-24(30)28-12-6-9-22(16-28)23-11-10-21(15-26-23)14-20-7-4-3-5-8-20/h3-5,7-8,10-11,13,15,22H,6,9,12,14,16-17H2,1-2H3. The molecule has 1 aliphatic heterocycles. The summed E-state index contributed by atoms with van der Waals surface area (Å²) >= 11 is 0. The smallest absolute Gasteiger partial charge is 0.340 e. The Bertz CT molecular complexity index is 1110. The zero-order valence-corrected chi connectivity index (χ0v) is 18.1. The Morgan fingerprint density at radius 2 is 1.90 bits per heavy atom. The summed E-state index contributed by atoms with van der Waals surface area (Å²) in [5.41, 5.74) is 4.54. The Balaban J connectivity index is 1.41. The minimum absolute atomic E-state index is 0.0358. The Labute approximate surface area is 182 Å². The fourth-order valence-corrected chi connectivity index (χ4v) is 4.26. The summed E-state index contributed by atoms with van der Waals surface area (Å²) in [6.07, 6.45) is 4.76. The quantitative estimate of drug-likeness (QED) is 0.640. The number of aryl methyl sites for hydroxylation is 2. The van der Waals surface area contributed by atoms with E-state index in [1.807, 2.05) is 42.3 Å². The molecule has 0 spiro atoms. The maximum atomic E-state index is 12.9. The molecule has 1 unspecified atom stereocenters. The average Bonchev–Trinajstić information content (AvgIpc) is 2.77. The van der Waals surface area contributed by atoms with Crippen LogP contribution in [0.1, 0.15) is 47.0 Å². The lowest BCUT2D eigenvalue weighted by molar-refractivity contribution is -0.133. The van der Waals surface area contributed by atoms with Crippen molar-refractivity contribution in [3.8, 4) is 0 Å². The van der Waals surface area contributed by atoms with Gasteiger partial charge in [0.2, 0.25) is 5.91 Å². The minimum Gasteiger partial charge on any atom is -0.340 e. The number of piperidine rings is 1. The molecule has 4 rings (SSSR count). The third-order valence-corrected chi connectivity index (χ3v) is 5.93. The molecule has 1 aliphatic rings. The first-order valence-electron chi connectivity index (χ1n) is 10.8. The van der Waals surface area contributed by atoms with Crippen molar-refractivity contribution < 1.29 is 4.79 Å². The van der Waals surface area contributed by atoms with Gasteiger partial charge >= 0.3 is 5.69 Å². The molecule has 6 nitrogen and oxygen atoms in total. The third kappa shape index (κ3) is 5.08. The summed E-state index contributed by atoms with van der Waals surface area (Å²) in [5.74, 6) is 0.179. The van der Waals surface area contributed by atoms with Gasteiger partial charge in [-0.1, -0.05) is 36.4 Å². The topological polar surface area (TPSA) is 68.1 Å². The van der Waals surface area contributed by atoms with Gasteiger partial charge < -0.3 is 4.90 Å². The number of hydrogen-bond donors (Lipinski definition) is 0. The summed E-state index contributed by atoms with van der Waals surface area (Å²) in [4.78, 5) is 35.6. The summed E-state index contributed by atoms with van der Waals surface area (Å²) in [5, 5.41) is 0. The van der Waals surface area contributed by atoms with Gasteiger partial charge in [0.15, 0.2) is 0 Å². The second kappa shape index (κ2) is 9.25. The van der Waals surface area contributed by atoms with Crippen molar-refractivity contribution in [1.29, 1.82) is 0 Å². The van der Waals surface area contributed by atoms with Crippen LogP contribution < -0.4 is 5.69 Å². The molecule has 1 aromatic carbocycles. The van der Waals surface area contributed by atoms with Gasteiger partial charge in [0.25, 0.3) is 0 Å². The van der Waals surface area contributed by atoms with Gasteiger partial charge in [0.1, 0.15) is 6.54 Å². The van der Waals surface area contributed by atoms with Gasteiger partial charge in [-0.15, -0.1) is 0 Å². The molecule has 0 bridgehead atoms. The zero-order chi connectivity index (χ0) is 21.8. The predicted octanol–water partition coefficient (Wildman–Crippen LogP) is 3.25. The van der Waals surface area contributed by atoms with Crippen molar-refractivity contribution in [2.75, 3.05) is 13.1 Å². The molecule has 3 heterocycles. The SMILES string of the molecule is Cc1cc(C)n(CC(=O)N2CCCC(c3ccc(Cc4ccccc4)cn3)C2)c(=O)n1. The number of rotatable bonds is 5. The molecule has 160 valence electrons. The molecular weight excluding hydrogens is 388 g/mol. The Hall–Kier alpha value is -3.28. The molecule has 0 N–H and O–H groups in total. The van der Waals surface area contributed by atoms with Crippen LogP contribution in [0.2, 0.25) is 0 Å². The van der Waals surface area contributed by atoms with E-state index in [0.717, 1.165) is 30.7 Å². The fourth-order valence-electron chi connectivity index (χ4n) is 4.26. The number of benzene rings is 1. The molecular formula is C25H28N4O2. The van der Waals surface area contributed by atoms with E-state index in [1.165, 1.54) is 15.7 Å². The summed E-state index contributed by atoms with van der Waals surface area (Å²) in [6, 6.07) is 16.4. The van der Waals surface area contributed by atoms with Crippen LogP contribution in [0.4, 0.5) is 0 Å². The molecule has 1 saturated heterocycles. The Kier molecular flexibility index (Phi) is 6.26. The Morgan fingerprint density at radius 1 is 1.10 bits per heavy atom. The van der Waals surface area contributed by atoms with Crippen LogP contribution in [0.15, 0.2) is 59.5 Å². The van der Waals surface area contributed by atoms with Crippen molar-refractivity contribution in [1.82, 2.24) is 19.4 Å². The average molecular weight is 417 g/mol. The molecule has 2 aromatic heterocycles. The second-order valence-electron chi connectivity index (χ2n) is 8.34. The monoisotopic (exact) mass is 416 g/mol. The first kappa shape index (κ1) is 21.0. The maximum Gasteiger partial charge on any atom is 0.348 e. The van der Waals surface area contributed by atoms with E-state index in [0.29, 0.717) is 18.8 Å². The van der Waals surface area contributed by atoms with E-state index in [4.69, 9.17) is 4.98 Å². The number of carbonyl (C=O) groups excluding carboxylic acids is 1. The first-order chi connectivity index (χ1) is 15.0. The van der Waals surface area contributed by atoms with Crippen LogP contribution >= 0.6 is 0 Å². The van der Waals surface area contributed by atoms with Crippen LogP contribution in [0.25, 0.3) is 0 Å². The van der Waals surface area contributed by atoms with Gasteiger partial charge in [0.05, 0.1) is 0 Å². The highest BCUT2D eigenvalue weighted by atomic mass is 16.2. The number of amides is 1. The van der Waals surface area contributed by atoms with Crippen molar-refractivity contribution in [3.05, 3.63) is 93.4 Å². The number of likely N-dealkylation sites (tertiary alicyclic amines) is 1. The Morgan fingerprint density at radius 3 is 2.61 bits per heavy atom.